The lowest BCUT2D eigenvalue weighted by Crippen LogP contribution is -2.47. The Kier molecular flexibility index (Phi) is 4.17. The van der Waals surface area contributed by atoms with Gasteiger partial charge in [0.1, 0.15) is 4.21 Å². The number of thiophene rings is 1. The fraction of sp³-hybridized carbons (Fsp3) is 0.636. The molecule has 1 fully saturated rings. The Labute approximate surface area is 116 Å². The second kappa shape index (κ2) is 5.37. The predicted octanol–water partition coefficient (Wildman–Crippen LogP) is 0.492. The van der Waals surface area contributed by atoms with Crippen LogP contribution < -0.4 is 5.73 Å². The highest BCUT2D eigenvalue weighted by Gasteiger charge is 2.35. The molecule has 0 aromatic carbocycles. The third-order valence-electron chi connectivity index (χ3n) is 3.20. The molecule has 1 aliphatic heterocycles. The van der Waals surface area contributed by atoms with Gasteiger partial charge in [-0.15, -0.1) is 11.3 Å². The maximum atomic E-state index is 12.3. The van der Waals surface area contributed by atoms with Crippen LogP contribution in [0.5, 0.6) is 0 Å². The fourth-order valence-corrected chi connectivity index (χ4v) is 4.57. The van der Waals surface area contributed by atoms with Crippen LogP contribution in [0.15, 0.2) is 15.7 Å². The van der Waals surface area contributed by atoms with E-state index in [4.69, 9.17) is 10.5 Å². The molecule has 0 saturated carbocycles. The predicted molar refractivity (Wildman–Crippen MR) is 73.6 cm³/mol. The maximum Gasteiger partial charge on any atom is 0.252 e. The Morgan fingerprint density at radius 1 is 1.53 bits per heavy atom. The molecule has 0 spiro atoms. The van der Waals surface area contributed by atoms with Crippen molar-refractivity contribution < 1.29 is 18.3 Å². The number of rotatable bonds is 4. The molecule has 1 aromatic rings. The van der Waals surface area contributed by atoms with Crippen molar-refractivity contribution in [3.8, 4) is 0 Å². The molecule has 0 amide bonds. The molecule has 1 aromatic heterocycles. The average Bonchev–Trinajstić information content (AvgIpc) is 2.77. The molecule has 19 heavy (non-hydrogen) atoms. The summed E-state index contributed by atoms with van der Waals surface area (Å²) in [5.41, 5.74) is 4.97. The topological polar surface area (TPSA) is 92.9 Å². The molecule has 6 nitrogen and oxygen atoms in total. The van der Waals surface area contributed by atoms with Gasteiger partial charge in [-0.3, -0.25) is 0 Å². The van der Waals surface area contributed by atoms with Crippen molar-refractivity contribution in [2.45, 2.75) is 22.7 Å². The molecule has 1 aliphatic rings. The number of nitrogen functional groups attached to an aromatic ring is 1. The molecular weight excluding hydrogens is 288 g/mol. The maximum absolute atomic E-state index is 12.3. The van der Waals surface area contributed by atoms with E-state index in [1.54, 1.807) is 5.38 Å². The Morgan fingerprint density at radius 2 is 2.16 bits per heavy atom. The summed E-state index contributed by atoms with van der Waals surface area (Å²) in [6.45, 7) is 0.975. The molecule has 0 bridgehead atoms. The summed E-state index contributed by atoms with van der Waals surface area (Å²) in [5, 5.41) is 11.9. The number of nitrogens with two attached hydrogens (primary N) is 1. The summed E-state index contributed by atoms with van der Waals surface area (Å²) in [7, 11) is -2.11. The lowest BCUT2D eigenvalue weighted by atomic mass is 9.95. The number of hydrogen-bond donors (Lipinski definition) is 2. The molecule has 0 atom stereocenters. The van der Waals surface area contributed by atoms with Crippen molar-refractivity contribution in [2.75, 3.05) is 32.5 Å². The molecule has 108 valence electrons. The van der Waals surface area contributed by atoms with E-state index in [0.29, 0.717) is 31.7 Å². The molecule has 8 heteroatoms. The Morgan fingerprint density at radius 3 is 2.68 bits per heavy atom. The molecule has 0 aliphatic carbocycles. The van der Waals surface area contributed by atoms with Crippen LogP contribution in [0, 0.1) is 0 Å². The van der Waals surface area contributed by atoms with Gasteiger partial charge in [0.05, 0.1) is 5.60 Å². The zero-order valence-corrected chi connectivity index (χ0v) is 12.3. The summed E-state index contributed by atoms with van der Waals surface area (Å²) in [6.07, 6.45) is 0.888. The van der Waals surface area contributed by atoms with Gasteiger partial charge in [-0.1, -0.05) is 0 Å². The quantitative estimate of drug-likeness (QED) is 0.844. The van der Waals surface area contributed by atoms with Gasteiger partial charge in [0.25, 0.3) is 10.0 Å². The number of likely N-dealkylation sites (N-methyl/N-ethyl adjacent to an activating group) is 1. The highest BCUT2D eigenvalue weighted by Crippen LogP contribution is 2.27. The summed E-state index contributed by atoms with van der Waals surface area (Å²) in [4.78, 5) is 0. The lowest BCUT2D eigenvalue weighted by molar-refractivity contribution is -0.0689. The van der Waals surface area contributed by atoms with Gasteiger partial charge in [0, 0.05) is 50.7 Å². The van der Waals surface area contributed by atoms with Crippen molar-refractivity contribution in [1.82, 2.24) is 4.31 Å². The monoisotopic (exact) mass is 306 g/mol. The Balaban J connectivity index is 2.12. The first kappa shape index (κ1) is 14.7. The third kappa shape index (κ3) is 3.26. The molecule has 2 rings (SSSR count). The summed E-state index contributed by atoms with van der Waals surface area (Å²) >= 11 is 1.08. The minimum Gasteiger partial charge on any atom is -0.398 e. The van der Waals surface area contributed by atoms with Crippen molar-refractivity contribution >= 4 is 27.0 Å². The van der Waals surface area contributed by atoms with Crippen molar-refractivity contribution in [3.05, 3.63) is 11.4 Å². The number of nitrogens with zero attached hydrogens (tertiary/aromatic N) is 1. The largest absolute Gasteiger partial charge is 0.398 e. The Hall–Kier alpha value is -0.670. The van der Waals surface area contributed by atoms with Crippen molar-refractivity contribution in [1.29, 1.82) is 0 Å². The van der Waals surface area contributed by atoms with Crippen LogP contribution in [0.3, 0.4) is 0 Å². The molecular formula is C11H18N2O4S2. The molecule has 0 radical (unpaired) electrons. The van der Waals surface area contributed by atoms with Crippen LogP contribution >= 0.6 is 11.3 Å². The van der Waals surface area contributed by atoms with E-state index in [9.17, 15) is 13.5 Å². The normalized spacial score (nSPS) is 19.7. The zero-order chi connectivity index (χ0) is 14.1. The van der Waals surface area contributed by atoms with E-state index in [2.05, 4.69) is 0 Å². The minimum atomic E-state index is -3.58. The first-order valence-corrected chi connectivity index (χ1v) is 8.26. The van der Waals surface area contributed by atoms with E-state index in [1.807, 2.05) is 0 Å². The van der Waals surface area contributed by atoms with Gasteiger partial charge < -0.3 is 15.6 Å². The van der Waals surface area contributed by atoms with E-state index < -0.39 is 15.6 Å². The van der Waals surface area contributed by atoms with Gasteiger partial charge in [0.2, 0.25) is 0 Å². The van der Waals surface area contributed by atoms with Crippen molar-refractivity contribution in [3.63, 3.8) is 0 Å². The molecule has 3 N–H and O–H groups in total. The smallest absolute Gasteiger partial charge is 0.252 e. The van der Waals surface area contributed by atoms with Crippen LogP contribution in [0.1, 0.15) is 12.8 Å². The van der Waals surface area contributed by atoms with E-state index in [-0.39, 0.29) is 10.8 Å². The average molecular weight is 306 g/mol. The summed E-state index contributed by atoms with van der Waals surface area (Å²) in [5.74, 6) is 0. The summed E-state index contributed by atoms with van der Waals surface area (Å²) < 4.78 is 31.2. The van der Waals surface area contributed by atoms with E-state index >= 15 is 0 Å². The SMILES string of the molecule is CN(CC1(O)CCOCC1)S(=O)(=O)c1cc(N)cs1. The van der Waals surface area contributed by atoms with Crippen LogP contribution in [-0.4, -0.2) is 50.2 Å². The van der Waals surface area contributed by atoms with Gasteiger partial charge in [-0.2, -0.15) is 4.31 Å². The number of ether oxygens (including phenoxy) is 1. The van der Waals surface area contributed by atoms with Crippen molar-refractivity contribution in [2.24, 2.45) is 0 Å². The highest BCUT2D eigenvalue weighted by molar-refractivity contribution is 7.91. The lowest BCUT2D eigenvalue weighted by Gasteiger charge is -2.34. The molecule has 2 heterocycles. The van der Waals surface area contributed by atoms with E-state index in [0.717, 1.165) is 11.3 Å². The first-order chi connectivity index (χ1) is 8.83. The number of sulfonamides is 1. The molecule has 1 saturated heterocycles. The van der Waals surface area contributed by atoms with Crippen LogP contribution in [-0.2, 0) is 14.8 Å². The van der Waals surface area contributed by atoms with Gasteiger partial charge >= 0.3 is 0 Å². The second-order valence-corrected chi connectivity index (χ2v) is 7.98. The van der Waals surface area contributed by atoms with E-state index in [1.165, 1.54) is 17.4 Å². The molecule has 0 unspecified atom stereocenters. The third-order valence-corrected chi connectivity index (χ3v) is 6.44. The number of aliphatic hydroxyl groups is 1. The standard InChI is InChI=1S/C11H18N2O4S2/c1-13(8-11(14)2-4-17-5-3-11)19(15,16)10-6-9(12)7-18-10/h6-7,14H,2-5,8,12H2,1H3. The van der Waals surface area contributed by atoms with Gasteiger partial charge in [0.15, 0.2) is 0 Å². The van der Waals surface area contributed by atoms with Gasteiger partial charge in [-0.05, 0) is 6.07 Å². The van der Waals surface area contributed by atoms with Crippen LogP contribution in [0.25, 0.3) is 0 Å². The van der Waals surface area contributed by atoms with Crippen LogP contribution in [0.2, 0.25) is 0 Å². The first-order valence-electron chi connectivity index (χ1n) is 5.94. The van der Waals surface area contributed by atoms with Gasteiger partial charge in [-0.25, -0.2) is 8.42 Å². The zero-order valence-electron chi connectivity index (χ0n) is 10.7. The minimum absolute atomic E-state index is 0.0660. The Bertz CT molecular complexity index is 535. The van der Waals surface area contributed by atoms with Crippen LogP contribution in [0.4, 0.5) is 5.69 Å². The second-order valence-electron chi connectivity index (χ2n) is 4.80. The highest BCUT2D eigenvalue weighted by atomic mass is 32.2. The summed E-state index contributed by atoms with van der Waals surface area (Å²) in [6, 6.07) is 1.44. The number of anilines is 1. The number of hydrogen-bond acceptors (Lipinski definition) is 6. The fourth-order valence-electron chi connectivity index (χ4n) is 2.03.